The van der Waals surface area contributed by atoms with Crippen LogP contribution < -0.4 is 0 Å². The zero-order valence-corrected chi connectivity index (χ0v) is 9.15. The summed E-state index contributed by atoms with van der Waals surface area (Å²) in [6, 6.07) is 0. The van der Waals surface area contributed by atoms with Crippen molar-refractivity contribution in [3.8, 4) is 0 Å². The molecule has 0 fully saturated rings. The van der Waals surface area contributed by atoms with Crippen molar-refractivity contribution < 1.29 is 0 Å². The molecule has 0 rings (SSSR count). The van der Waals surface area contributed by atoms with Crippen LogP contribution in [-0.4, -0.2) is 16.9 Å². The molecule has 0 aromatic rings. The van der Waals surface area contributed by atoms with Crippen LogP contribution in [-0.2, 0) is 0 Å². The number of hydrogen-bond acceptors (Lipinski definition) is 0. The second kappa shape index (κ2) is 3.37. The van der Waals surface area contributed by atoms with Crippen LogP contribution in [0.25, 0.3) is 0 Å². The molecule has 0 heterocycles. The number of rotatable bonds is 2. The van der Waals surface area contributed by atoms with E-state index in [9.17, 15) is 0 Å². The van der Waals surface area contributed by atoms with Crippen LogP contribution >= 0.6 is 0 Å². The molecule has 9 heavy (non-hydrogen) atoms. The van der Waals surface area contributed by atoms with Gasteiger partial charge in [-0.25, -0.2) is 0 Å². The summed E-state index contributed by atoms with van der Waals surface area (Å²) < 4.78 is 0. The van der Waals surface area contributed by atoms with Gasteiger partial charge in [-0.05, 0) is 0 Å². The summed E-state index contributed by atoms with van der Waals surface area (Å²) in [5.74, 6) is 0. The van der Waals surface area contributed by atoms with Crippen molar-refractivity contribution in [2.75, 3.05) is 0 Å². The maximum Gasteiger partial charge on any atom is 0.0683 e. The molecule has 0 aromatic carbocycles. The zero-order valence-electron chi connectivity index (χ0n) is 7.15. The van der Waals surface area contributed by atoms with Crippen LogP contribution in [0.5, 0.6) is 0 Å². The van der Waals surface area contributed by atoms with Gasteiger partial charge in [0, 0.05) is 0 Å². The molecular formula is C7H17Si2. The average Bonchev–Trinajstić information content (AvgIpc) is 1.59. The molecule has 0 aliphatic carbocycles. The SMILES string of the molecule is C[Si](C)/C=C/[Si](C)(C)C. The maximum atomic E-state index is 2.45. The lowest BCUT2D eigenvalue weighted by Gasteiger charge is -2.08. The van der Waals surface area contributed by atoms with Crippen molar-refractivity contribution in [3.63, 3.8) is 0 Å². The minimum Gasteiger partial charge on any atom is -0.104 e. The van der Waals surface area contributed by atoms with Crippen molar-refractivity contribution in [1.82, 2.24) is 0 Å². The van der Waals surface area contributed by atoms with Gasteiger partial charge in [0.25, 0.3) is 0 Å². The molecule has 0 aromatic heterocycles. The lowest BCUT2D eigenvalue weighted by Crippen LogP contribution is -2.16. The molecule has 1 radical (unpaired) electrons. The van der Waals surface area contributed by atoms with E-state index < -0.39 is 8.07 Å². The lowest BCUT2D eigenvalue weighted by molar-refractivity contribution is 1.77. The third kappa shape index (κ3) is 8.17. The summed E-state index contributed by atoms with van der Waals surface area (Å²) in [4.78, 5) is 0. The quantitative estimate of drug-likeness (QED) is 0.541. The highest BCUT2D eigenvalue weighted by Gasteiger charge is 2.06. The molecule has 0 saturated heterocycles. The Morgan fingerprint density at radius 2 is 1.56 bits per heavy atom. The predicted octanol–water partition coefficient (Wildman–Crippen LogP) is 2.71. The molecule has 53 valence electrons. The van der Waals surface area contributed by atoms with Crippen LogP contribution in [0.2, 0.25) is 32.7 Å². The molecular weight excluding hydrogens is 140 g/mol. The zero-order chi connectivity index (χ0) is 7.49. The summed E-state index contributed by atoms with van der Waals surface area (Å²) in [5.41, 5.74) is 4.86. The largest absolute Gasteiger partial charge is 0.104 e. The van der Waals surface area contributed by atoms with Gasteiger partial charge in [0.05, 0.1) is 16.9 Å². The van der Waals surface area contributed by atoms with Crippen LogP contribution in [0.3, 0.4) is 0 Å². The Morgan fingerprint density at radius 1 is 1.11 bits per heavy atom. The first kappa shape index (κ1) is 9.17. The molecule has 0 saturated carbocycles. The van der Waals surface area contributed by atoms with E-state index in [1.54, 1.807) is 0 Å². The molecule has 0 aliphatic heterocycles. The third-order valence-electron chi connectivity index (χ3n) is 0.917. The summed E-state index contributed by atoms with van der Waals surface area (Å²) in [6.45, 7) is 11.7. The van der Waals surface area contributed by atoms with E-state index >= 15 is 0 Å². The predicted molar refractivity (Wildman–Crippen MR) is 50.0 cm³/mol. The topological polar surface area (TPSA) is 0 Å². The monoisotopic (exact) mass is 157 g/mol. The van der Waals surface area contributed by atoms with Crippen LogP contribution in [0.4, 0.5) is 0 Å². The molecule has 0 nitrogen and oxygen atoms in total. The Bertz CT molecular complexity index is 98.0. The molecule has 0 aliphatic rings. The Morgan fingerprint density at radius 3 is 1.67 bits per heavy atom. The van der Waals surface area contributed by atoms with E-state index in [2.05, 4.69) is 44.1 Å². The highest BCUT2D eigenvalue weighted by molar-refractivity contribution is 6.82. The van der Waals surface area contributed by atoms with Crippen molar-refractivity contribution in [2.45, 2.75) is 32.7 Å². The normalized spacial score (nSPS) is 13.6. The van der Waals surface area contributed by atoms with E-state index in [4.69, 9.17) is 0 Å². The lowest BCUT2D eigenvalue weighted by atomic mass is 11.2. The van der Waals surface area contributed by atoms with Gasteiger partial charge in [0.2, 0.25) is 0 Å². The van der Waals surface area contributed by atoms with E-state index in [1.807, 2.05) is 0 Å². The fraction of sp³-hybridized carbons (Fsp3) is 0.714. The molecule has 0 atom stereocenters. The molecule has 0 unspecified atom stereocenters. The first-order chi connectivity index (χ1) is 3.92. The average molecular weight is 157 g/mol. The van der Waals surface area contributed by atoms with Crippen LogP contribution in [0.1, 0.15) is 0 Å². The highest BCUT2D eigenvalue weighted by atomic mass is 28.3. The van der Waals surface area contributed by atoms with Crippen molar-refractivity contribution >= 4 is 16.9 Å². The molecule has 0 amide bonds. The van der Waals surface area contributed by atoms with E-state index in [-0.39, 0.29) is 8.80 Å². The first-order valence-corrected chi connectivity index (χ1v) is 9.57. The van der Waals surface area contributed by atoms with Gasteiger partial charge < -0.3 is 0 Å². The molecule has 0 N–H and O–H groups in total. The third-order valence-corrected chi connectivity index (χ3v) is 3.25. The Balaban J connectivity index is 3.71. The van der Waals surface area contributed by atoms with Crippen molar-refractivity contribution in [1.29, 1.82) is 0 Å². The smallest absolute Gasteiger partial charge is 0.0683 e. The van der Waals surface area contributed by atoms with Gasteiger partial charge in [-0.1, -0.05) is 32.7 Å². The Kier molecular flexibility index (Phi) is 3.43. The Hall–Kier alpha value is 0.174. The van der Waals surface area contributed by atoms with Crippen LogP contribution in [0, 0.1) is 0 Å². The standard InChI is InChI=1S/C7H17Si2/c1-8(2)6-7-9(3,4)5/h6-7H,1-5H3/b7-6+. The van der Waals surface area contributed by atoms with E-state index in [0.29, 0.717) is 0 Å². The van der Waals surface area contributed by atoms with E-state index in [1.165, 1.54) is 0 Å². The van der Waals surface area contributed by atoms with Crippen molar-refractivity contribution in [3.05, 3.63) is 11.4 Å². The second-order valence-electron chi connectivity index (χ2n) is 3.78. The Labute approximate surface area is 61.6 Å². The molecule has 0 spiro atoms. The maximum absolute atomic E-state index is 2.45. The van der Waals surface area contributed by atoms with Gasteiger partial charge >= 0.3 is 0 Å². The highest BCUT2D eigenvalue weighted by Crippen LogP contribution is 2.01. The fourth-order valence-electron chi connectivity index (χ4n) is 0.417. The number of hydrogen-bond donors (Lipinski definition) is 0. The van der Waals surface area contributed by atoms with Gasteiger partial charge in [-0.15, -0.1) is 11.4 Å². The van der Waals surface area contributed by atoms with Gasteiger partial charge in [-0.3, -0.25) is 0 Å². The second-order valence-corrected chi connectivity index (χ2v) is 11.3. The van der Waals surface area contributed by atoms with Gasteiger partial charge in [0.1, 0.15) is 0 Å². The summed E-state index contributed by atoms with van der Waals surface area (Å²) in [6.07, 6.45) is 0. The molecule has 0 bridgehead atoms. The van der Waals surface area contributed by atoms with Crippen molar-refractivity contribution in [2.24, 2.45) is 0 Å². The minimum absolute atomic E-state index is 0.113. The fourth-order valence-corrected chi connectivity index (χ4v) is 3.75. The molecule has 2 heteroatoms. The minimum atomic E-state index is -0.875. The first-order valence-electron chi connectivity index (χ1n) is 3.41. The van der Waals surface area contributed by atoms with Gasteiger partial charge in [0.15, 0.2) is 0 Å². The summed E-state index contributed by atoms with van der Waals surface area (Å²) >= 11 is 0. The summed E-state index contributed by atoms with van der Waals surface area (Å²) in [5, 5.41) is 0. The van der Waals surface area contributed by atoms with Crippen LogP contribution in [0.15, 0.2) is 11.4 Å². The van der Waals surface area contributed by atoms with E-state index in [0.717, 1.165) is 0 Å². The summed E-state index contributed by atoms with van der Waals surface area (Å²) in [7, 11) is -0.988. The van der Waals surface area contributed by atoms with Gasteiger partial charge in [-0.2, -0.15) is 0 Å².